The Bertz CT molecular complexity index is 980. The van der Waals surface area contributed by atoms with Crippen molar-refractivity contribution >= 4 is 35.1 Å². The molecule has 2 atom stereocenters. The second-order valence-corrected chi connectivity index (χ2v) is 8.14. The molecule has 7 nitrogen and oxygen atoms in total. The first-order valence-corrected chi connectivity index (χ1v) is 10.9. The van der Waals surface area contributed by atoms with Crippen LogP contribution >= 0.6 is 11.6 Å². The van der Waals surface area contributed by atoms with Crippen LogP contribution in [-0.4, -0.2) is 43.1 Å². The SMILES string of the molecule is CCOC(=O)CNC(=O)C[C@@H]1O[C@H](c2ccccc2)c2cc(Cl)ccc2N(C(C)C)C1=O. The fourth-order valence-corrected chi connectivity index (χ4v) is 3.88. The van der Waals surface area contributed by atoms with Crippen molar-refractivity contribution in [2.75, 3.05) is 18.1 Å². The van der Waals surface area contributed by atoms with Gasteiger partial charge in [-0.05, 0) is 44.5 Å². The third-order valence-corrected chi connectivity index (χ3v) is 5.30. The zero-order valence-electron chi connectivity index (χ0n) is 18.3. The minimum Gasteiger partial charge on any atom is -0.465 e. The normalized spacial score (nSPS) is 18.2. The van der Waals surface area contributed by atoms with Gasteiger partial charge in [-0.3, -0.25) is 14.4 Å². The lowest BCUT2D eigenvalue weighted by Crippen LogP contribution is -2.45. The number of ether oxygens (including phenoxy) is 2. The molecule has 0 fully saturated rings. The first-order chi connectivity index (χ1) is 15.3. The summed E-state index contributed by atoms with van der Waals surface area (Å²) in [7, 11) is 0. The second-order valence-electron chi connectivity index (χ2n) is 7.71. The van der Waals surface area contributed by atoms with Crippen molar-refractivity contribution in [1.29, 1.82) is 0 Å². The summed E-state index contributed by atoms with van der Waals surface area (Å²) in [5, 5.41) is 3.02. The number of carbonyl (C=O) groups is 3. The first kappa shape index (κ1) is 23.8. The minimum absolute atomic E-state index is 0.175. The van der Waals surface area contributed by atoms with Crippen LogP contribution in [0.1, 0.15) is 44.4 Å². The number of benzene rings is 2. The van der Waals surface area contributed by atoms with Crippen LogP contribution in [0.15, 0.2) is 48.5 Å². The standard InChI is InChI=1S/C24H27ClN2O5/c1-4-31-22(29)14-26-21(28)13-20-24(30)27(15(2)3)19-11-10-17(25)12-18(19)23(32-20)16-8-6-5-7-9-16/h5-12,15,20,23H,4,13-14H2,1-3H3,(H,26,28)/t20-,23+/m0/s1. The largest absolute Gasteiger partial charge is 0.465 e. The Morgan fingerprint density at radius 1 is 1.19 bits per heavy atom. The van der Waals surface area contributed by atoms with Crippen molar-refractivity contribution in [2.45, 2.75) is 45.4 Å². The molecule has 8 heteroatoms. The fraction of sp³-hybridized carbons (Fsp3) is 0.375. The Labute approximate surface area is 192 Å². The van der Waals surface area contributed by atoms with E-state index < -0.39 is 24.1 Å². The molecule has 2 aromatic rings. The number of carbonyl (C=O) groups excluding carboxylic acids is 3. The topological polar surface area (TPSA) is 84.9 Å². The first-order valence-electron chi connectivity index (χ1n) is 10.6. The molecule has 0 unspecified atom stereocenters. The number of nitrogens with zero attached hydrogens (tertiary/aromatic N) is 1. The number of hydrogen-bond donors (Lipinski definition) is 1. The van der Waals surface area contributed by atoms with Crippen LogP contribution in [0.4, 0.5) is 5.69 Å². The van der Waals surface area contributed by atoms with Gasteiger partial charge in [0.25, 0.3) is 5.91 Å². The molecule has 0 aromatic heterocycles. The number of rotatable bonds is 7. The van der Waals surface area contributed by atoms with Crippen molar-refractivity contribution in [3.05, 3.63) is 64.7 Å². The molecule has 0 saturated heterocycles. The Morgan fingerprint density at radius 2 is 1.91 bits per heavy atom. The average molecular weight is 459 g/mol. The van der Waals surface area contributed by atoms with E-state index in [4.69, 9.17) is 21.1 Å². The average Bonchev–Trinajstić information content (AvgIpc) is 2.87. The third-order valence-electron chi connectivity index (χ3n) is 5.07. The van der Waals surface area contributed by atoms with Gasteiger partial charge in [0.05, 0.1) is 18.7 Å². The van der Waals surface area contributed by atoms with Crippen LogP contribution in [0.2, 0.25) is 5.02 Å². The summed E-state index contributed by atoms with van der Waals surface area (Å²) >= 11 is 6.30. The number of esters is 1. The van der Waals surface area contributed by atoms with E-state index in [1.54, 1.807) is 30.0 Å². The maximum atomic E-state index is 13.5. The van der Waals surface area contributed by atoms with Gasteiger partial charge in [-0.25, -0.2) is 0 Å². The van der Waals surface area contributed by atoms with Crippen molar-refractivity contribution in [2.24, 2.45) is 0 Å². The molecule has 0 spiro atoms. The Balaban J connectivity index is 1.95. The molecular weight excluding hydrogens is 432 g/mol. The molecule has 3 rings (SSSR count). The second kappa shape index (κ2) is 10.6. The van der Waals surface area contributed by atoms with E-state index in [0.29, 0.717) is 10.7 Å². The lowest BCUT2D eigenvalue weighted by Gasteiger charge is -2.28. The highest BCUT2D eigenvalue weighted by Crippen LogP contribution is 2.40. The maximum Gasteiger partial charge on any atom is 0.325 e. The molecule has 0 aliphatic carbocycles. The van der Waals surface area contributed by atoms with Gasteiger partial charge in [0.2, 0.25) is 5.91 Å². The molecular formula is C24H27ClN2O5. The molecule has 0 radical (unpaired) electrons. The monoisotopic (exact) mass is 458 g/mol. The quantitative estimate of drug-likeness (QED) is 0.640. The Hall–Kier alpha value is -2.90. The van der Waals surface area contributed by atoms with E-state index in [9.17, 15) is 14.4 Å². The molecule has 32 heavy (non-hydrogen) atoms. The van der Waals surface area contributed by atoms with Crippen LogP contribution in [-0.2, 0) is 23.9 Å². The predicted molar refractivity (Wildman–Crippen MR) is 121 cm³/mol. The van der Waals surface area contributed by atoms with Crippen molar-refractivity contribution in [1.82, 2.24) is 5.32 Å². The van der Waals surface area contributed by atoms with E-state index in [2.05, 4.69) is 5.32 Å². The Kier molecular flexibility index (Phi) is 7.88. The van der Waals surface area contributed by atoms with E-state index in [-0.39, 0.29) is 31.5 Å². The number of anilines is 1. The van der Waals surface area contributed by atoms with Gasteiger partial charge in [-0.2, -0.15) is 0 Å². The molecule has 1 N–H and O–H groups in total. The van der Waals surface area contributed by atoms with Crippen LogP contribution in [0.3, 0.4) is 0 Å². The lowest BCUT2D eigenvalue weighted by atomic mass is 9.99. The molecule has 1 heterocycles. The van der Waals surface area contributed by atoms with Crippen molar-refractivity contribution < 1.29 is 23.9 Å². The van der Waals surface area contributed by atoms with Crippen LogP contribution < -0.4 is 10.2 Å². The highest BCUT2D eigenvalue weighted by atomic mass is 35.5. The van der Waals surface area contributed by atoms with Crippen molar-refractivity contribution in [3.63, 3.8) is 0 Å². The van der Waals surface area contributed by atoms with Crippen LogP contribution in [0.25, 0.3) is 0 Å². The zero-order chi connectivity index (χ0) is 23.3. The summed E-state index contributed by atoms with van der Waals surface area (Å²) in [6, 6.07) is 14.6. The molecule has 1 aliphatic heterocycles. The third kappa shape index (κ3) is 5.47. The van der Waals surface area contributed by atoms with Gasteiger partial charge in [-0.15, -0.1) is 0 Å². The highest BCUT2D eigenvalue weighted by Gasteiger charge is 2.38. The molecule has 170 valence electrons. The summed E-state index contributed by atoms with van der Waals surface area (Å²) in [6.45, 7) is 5.45. The van der Waals surface area contributed by atoms with E-state index in [1.165, 1.54) is 0 Å². The summed E-state index contributed by atoms with van der Waals surface area (Å²) in [4.78, 5) is 39.2. The number of fused-ring (bicyclic) bond motifs is 1. The summed E-state index contributed by atoms with van der Waals surface area (Å²) < 4.78 is 11.1. The maximum absolute atomic E-state index is 13.5. The lowest BCUT2D eigenvalue weighted by molar-refractivity contribution is -0.144. The zero-order valence-corrected chi connectivity index (χ0v) is 19.1. The summed E-state index contributed by atoms with van der Waals surface area (Å²) in [6.07, 6.45) is -1.87. The van der Waals surface area contributed by atoms with Crippen LogP contribution in [0.5, 0.6) is 0 Å². The summed E-state index contributed by atoms with van der Waals surface area (Å²) in [5.41, 5.74) is 2.28. The summed E-state index contributed by atoms with van der Waals surface area (Å²) in [5.74, 6) is -1.34. The van der Waals surface area contributed by atoms with Gasteiger partial charge in [-0.1, -0.05) is 41.9 Å². The molecule has 0 saturated carbocycles. The smallest absolute Gasteiger partial charge is 0.325 e. The molecule has 1 aliphatic rings. The number of amides is 2. The van der Waals surface area contributed by atoms with Crippen LogP contribution in [0, 0.1) is 0 Å². The number of nitrogens with one attached hydrogen (secondary N) is 1. The van der Waals surface area contributed by atoms with Gasteiger partial charge in [0.1, 0.15) is 18.8 Å². The highest BCUT2D eigenvalue weighted by molar-refractivity contribution is 6.30. The minimum atomic E-state index is -1.05. The van der Waals surface area contributed by atoms with Gasteiger partial charge in [0, 0.05) is 16.6 Å². The Morgan fingerprint density at radius 3 is 2.56 bits per heavy atom. The predicted octanol–water partition coefficient (Wildman–Crippen LogP) is 3.64. The number of hydrogen-bond acceptors (Lipinski definition) is 5. The molecule has 2 aromatic carbocycles. The fourth-order valence-electron chi connectivity index (χ4n) is 3.70. The molecule has 2 amide bonds. The van der Waals surface area contributed by atoms with Gasteiger partial charge < -0.3 is 19.7 Å². The van der Waals surface area contributed by atoms with Gasteiger partial charge in [0.15, 0.2) is 0 Å². The number of halogens is 1. The van der Waals surface area contributed by atoms with E-state index >= 15 is 0 Å². The molecule has 0 bridgehead atoms. The van der Waals surface area contributed by atoms with E-state index in [0.717, 1.165) is 11.1 Å². The van der Waals surface area contributed by atoms with Crippen molar-refractivity contribution in [3.8, 4) is 0 Å². The van der Waals surface area contributed by atoms with E-state index in [1.807, 2.05) is 44.2 Å². The van der Waals surface area contributed by atoms with Gasteiger partial charge >= 0.3 is 5.97 Å².